The van der Waals surface area contributed by atoms with Gasteiger partial charge in [0.25, 0.3) is 0 Å². The Morgan fingerprint density at radius 2 is 1.82 bits per heavy atom. The molecule has 1 aliphatic heterocycles. The standard InChI is InChI=1S/C22H25N3O8S/c1-15(23-16(2)26)17-3-5-18(6-4-17)21(27)14-33-22-8-7-19(13-20(22)25(28)29)34(30,31)24-9-11-32-12-10-24/h3-8,13,15H,9-12,14H2,1-2H3,(H,23,26). The van der Waals surface area contributed by atoms with Crippen LogP contribution in [0, 0.1) is 10.1 Å². The van der Waals surface area contributed by atoms with E-state index in [-0.39, 0.29) is 48.9 Å². The minimum atomic E-state index is -3.93. The molecule has 2 aromatic rings. The number of Topliss-reactive ketones (excluding diaryl/α,β-unsaturated/α-hetero) is 1. The zero-order valence-electron chi connectivity index (χ0n) is 18.7. The maximum absolute atomic E-state index is 12.8. The lowest BCUT2D eigenvalue weighted by Gasteiger charge is -2.26. The molecule has 11 nitrogen and oxygen atoms in total. The van der Waals surface area contributed by atoms with E-state index in [2.05, 4.69) is 5.32 Å². The molecule has 0 radical (unpaired) electrons. The van der Waals surface area contributed by atoms with Gasteiger partial charge in [-0.2, -0.15) is 4.31 Å². The van der Waals surface area contributed by atoms with Crippen LogP contribution in [-0.2, 0) is 19.6 Å². The molecule has 1 fully saturated rings. The smallest absolute Gasteiger partial charge is 0.312 e. The number of rotatable bonds is 9. The van der Waals surface area contributed by atoms with E-state index in [0.717, 1.165) is 11.6 Å². The highest BCUT2D eigenvalue weighted by molar-refractivity contribution is 7.89. The van der Waals surface area contributed by atoms with Gasteiger partial charge in [-0.25, -0.2) is 8.42 Å². The number of sulfonamides is 1. The molecule has 1 atom stereocenters. The number of ketones is 1. The first-order chi connectivity index (χ1) is 16.1. The molecule has 0 aliphatic carbocycles. The monoisotopic (exact) mass is 491 g/mol. The number of hydrogen-bond acceptors (Lipinski definition) is 8. The van der Waals surface area contributed by atoms with Crippen LogP contribution in [0.1, 0.15) is 35.8 Å². The number of nitrogens with one attached hydrogen (secondary N) is 1. The Kier molecular flexibility index (Phi) is 7.97. The van der Waals surface area contributed by atoms with Crippen molar-refractivity contribution in [3.05, 3.63) is 63.7 Å². The van der Waals surface area contributed by atoms with E-state index in [0.29, 0.717) is 5.56 Å². The molecule has 12 heteroatoms. The topological polar surface area (TPSA) is 145 Å². The van der Waals surface area contributed by atoms with Crippen LogP contribution in [0.25, 0.3) is 0 Å². The molecule has 34 heavy (non-hydrogen) atoms. The second-order valence-corrected chi connectivity index (χ2v) is 9.60. The van der Waals surface area contributed by atoms with Gasteiger partial charge in [0.1, 0.15) is 0 Å². The van der Waals surface area contributed by atoms with Crippen LogP contribution in [0.15, 0.2) is 47.4 Å². The quantitative estimate of drug-likeness (QED) is 0.319. The predicted octanol–water partition coefficient (Wildman–Crippen LogP) is 2.07. The van der Waals surface area contributed by atoms with Crippen molar-refractivity contribution in [1.29, 1.82) is 0 Å². The van der Waals surface area contributed by atoms with Gasteiger partial charge in [-0.05, 0) is 24.6 Å². The largest absolute Gasteiger partial charge is 0.478 e. The Morgan fingerprint density at radius 1 is 1.18 bits per heavy atom. The lowest BCUT2D eigenvalue weighted by molar-refractivity contribution is -0.386. The van der Waals surface area contributed by atoms with Crippen molar-refractivity contribution in [2.45, 2.75) is 24.8 Å². The normalized spacial score (nSPS) is 15.4. The molecule has 1 aliphatic rings. The minimum Gasteiger partial charge on any atom is -0.478 e. The van der Waals surface area contributed by atoms with Crippen LogP contribution in [0.2, 0.25) is 0 Å². The minimum absolute atomic E-state index is 0.158. The number of carbonyl (C=O) groups is 2. The first-order valence-electron chi connectivity index (χ1n) is 10.5. The van der Waals surface area contributed by atoms with Gasteiger partial charge in [0, 0.05) is 31.6 Å². The molecular weight excluding hydrogens is 466 g/mol. The van der Waals surface area contributed by atoms with Gasteiger partial charge in [-0.15, -0.1) is 0 Å². The van der Waals surface area contributed by atoms with Crippen molar-refractivity contribution in [2.24, 2.45) is 0 Å². The molecular formula is C22H25N3O8S. The first kappa shape index (κ1) is 25.3. The summed E-state index contributed by atoms with van der Waals surface area (Å²) < 4.78 is 37.3. The molecule has 0 bridgehead atoms. The highest BCUT2D eigenvalue weighted by Gasteiger charge is 2.29. The average Bonchev–Trinajstić information content (AvgIpc) is 2.82. The average molecular weight is 492 g/mol. The molecule has 0 spiro atoms. The predicted molar refractivity (Wildman–Crippen MR) is 121 cm³/mol. The Balaban J connectivity index is 1.72. The molecule has 3 rings (SSSR count). The van der Waals surface area contributed by atoms with E-state index in [9.17, 15) is 28.1 Å². The summed E-state index contributed by atoms with van der Waals surface area (Å²) in [6.07, 6.45) is 0. The summed E-state index contributed by atoms with van der Waals surface area (Å²) in [5.41, 5.74) is 0.579. The van der Waals surface area contributed by atoms with Crippen LogP contribution >= 0.6 is 0 Å². The number of nitrogens with zero attached hydrogens (tertiary/aromatic N) is 2. The van der Waals surface area contributed by atoms with E-state index in [1.807, 2.05) is 6.92 Å². The number of amides is 1. The van der Waals surface area contributed by atoms with Gasteiger partial charge in [0.2, 0.25) is 15.9 Å². The van der Waals surface area contributed by atoms with Crippen LogP contribution in [-0.4, -0.2) is 62.2 Å². The Morgan fingerprint density at radius 3 is 2.41 bits per heavy atom. The summed E-state index contributed by atoms with van der Waals surface area (Å²) in [5, 5.41) is 14.3. The van der Waals surface area contributed by atoms with E-state index in [4.69, 9.17) is 9.47 Å². The number of morpholine rings is 1. The Hall–Kier alpha value is -3.35. The third-order valence-electron chi connectivity index (χ3n) is 5.25. The zero-order valence-corrected chi connectivity index (χ0v) is 19.5. The summed E-state index contributed by atoms with van der Waals surface area (Å²) in [5.74, 6) is -0.806. The van der Waals surface area contributed by atoms with E-state index >= 15 is 0 Å². The third-order valence-corrected chi connectivity index (χ3v) is 7.14. The first-order valence-corrected chi connectivity index (χ1v) is 11.9. The van der Waals surface area contributed by atoms with Gasteiger partial charge >= 0.3 is 5.69 Å². The van der Waals surface area contributed by atoms with Gasteiger partial charge in [-0.1, -0.05) is 24.3 Å². The lowest BCUT2D eigenvalue weighted by Crippen LogP contribution is -2.40. The van der Waals surface area contributed by atoms with Gasteiger partial charge < -0.3 is 14.8 Å². The molecule has 1 heterocycles. The fraction of sp³-hybridized carbons (Fsp3) is 0.364. The maximum Gasteiger partial charge on any atom is 0.312 e. The van der Waals surface area contributed by atoms with Crippen molar-refractivity contribution in [1.82, 2.24) is 9.62 Å². The molecule has 2 aromatic carbocycles. The van der Waals surface area contributed by atoms with Crippen molar-refractivity contribution in [2.75, 3.05) is 32.9 Å². The van der Waals surface area contributed by atoms with E-state index in [1.54, 1.807) is 24.3 Å². The van der Waals surface area contributed by atoms with Crippen LogP contribution in [0.5, 0.6) is 5.75 Å². The summed E-state index contributed by atoms with van der Waals surface area (Å²) in [7, 11) is -3.93. The lowest BCUT2D eigenvalue weighted by atomic mass is 10.0. The molecule has 0 saturated carbocycles. The number of ether oxygens (including phenoxy) is 2. The number of nitro benzene ring substituents is 1. The number of benzene rings is 2. The summed E-state index contributed by atoms with van der Waals surface area (Å²) in [6, 6.07) is 9.64. The number of nitro groups is 1. The van der Waals surface area contributed by atoms with Crippen molar-refractivity contribution in [3.8, 4) is 5.75 Å². The van der Waals surface area contributed by atoms with Crippen LogP contribution < -0.4 is 10.1 Å². The fourth-order valence-corrected chi connectivity index (χ4v) is 4.86. The van der Waals surface area contributed by atoms with Gasteiger partial charge in [-0.3, -0.25) is 19.7 Å². The van der Waals surface area contributed by atoms with Crippen molar-refractivity contribution < 1.29 is 32.4 Å². The highest BCUT2D eigenvalue weighted by atomic mass is 32.2. The molecule has 182 valence electrons. The highest BCUT2D eigenvalue weighted by Crippen LogP contribution is 2.31. The molecule has 1 unspecified atom stereocenters. The van der Waals surface area contributed by atoms with Crippen LogP contribution in [0.4, 0.5) is 5.69 Å². The third kappa shape index (κ3) is 5.95. The number of hydrogen-bond donors (Lipinski definition) is 1. The van der Waals surface area contributed by atoms with E-state index < -0.39 is 33.0 Å². The Labute approximate surface area is 196 Å². The summed E-state index contributed by atoms with van der Waals surface area (Å²) in [6.45, 7) is 3.56. The number of carbonyl (C=O) groups excluding carboxylic acids is 2. The summed E-state index contributed by atoms with van der Waals surface area (Å²) in [4.78, 5) is 34.3. The second-order valence-electron chi connectivity index (χ2n) is 7.66. The Bertz CT molecular complexity index is 1180. The van der Waals surface area contributed by atoms with Gasteiger partial charge in [0.05, 0.1) is 29.1 Å². The molecule has 1 amide bonds. The maximum atomic E-state index is 12.8. The van der Waals surface area contributed by atoms with Crippen molar-refractivity contribution >= 4 is 27.4 Å². The molecule has 0 aromatic heterocycles. The van der Waals surface area contributed by atoms with E-state index in [1.165, 1.54) is 23.4 Å². The van der Waals surface area contributed by atoms with Crippen molar-refractivity contribution in [3.63, 3.8) is 0 Å². The zero-order chi connectivity index (χ0) is 24.9. The fourth-order valence-electron chi connectivity index (χ4n) is 3.43. The second kappa shape index (κ2) is 10.7. The summed E-state index contributed by atoms with van der Waals surface area (Å²) >= 11 is 0. The van der Waals surface area contributed by atoms with Crippen LogP contribution in [0.3, 0.4) is 0 Å². The van der Waals surface area contributed by atoms with Gasteiger partial charge in [0.15, 0.2) is 18.1 Å². The SMILES string of the molecule is CC(=O)NC(C)c1ccc(C(=O)COc2ccc(S(=O)(=O)N3CCOCC3)cc2[N+](=O)[O-])cc1. The molecule has 1 N–H and O–H groups in total. The molecule has 1 saturated heterocycles.